The topological polar surface area (TPSA) is 122 Å². The summed E-state index contributed by atoms with van der Waals surface area (Å²) in [6, 6.07) is 3.16. The van der Waals surface area contributed by atoms with E-state index >= 15 is 0 Å². The van der Waals surface area contributed by atoms with E-state index in [9.17, 15) is 14.7 Å². The summed E-state index contributed by atoms with van der Waals surface area (Å²) in [6.07, 6.45) is 11.4. The van der Waals surface area contributed by atoms with E-state index in [-0.39, 0.29) is 17.2 Å². The monoisotopic (exact) mass is 447 g/mol. The molecule has 1 fully saturated rings. The summed E-state index contributed by atoms with van der Waals surface area (Å²) >= 11 is 0. The molecule has 4 aromatic heterocycles. The molecule has 0 amide bonds. The number of benzene rings is 1. The Morgan fingerprint density at radius 2 is 1.85 bits per heavy atom. The second-order valence-electron chi connectivity index (χ2n) is 9.03. The molecular formula is C24H25N5O4. The molecule has 5 aromatic rings. The number of phenols is 1. The molecule has 0 radical (unpaired) electrons. The highest BCUT2D eigenvalue weighted by atomic mass is 16.4. The van der Waals surface area contributed by atoms with Gasteiger partial charge in [-0.05, 0) is 25.0 Å². The number of nitrogens with one attached hydrogen (secondary N) is 2. The summed E-state index contributed by atoms with van der Waals surface area (Å²) in [4.78, 5) is 28.8. The maximum absolute atomic E-state index is 13.3. The first-order chi connectivity index (χ1) is 16.0. The van der Waals surface area contributed by atoms with Crippen molar-refractivity contribution in [1.82, 2.24) is 24.5 Å². The number of nitrogens with zero attached hydrogens (tertiary/aromatic N) is 3. The van der Waals surface area contributed by atoms with Crippen molar-refractivity contribution in [1.29, 1.82) is 0 Å². The van der Waals surface area contributed by atoms with Crippen LogP contribution in [-0.2, 0) is 7.05 Å². The highest BCUT2D eigenvalue weighted by Gasteiger charge is 2.26. The lowest BCUT2D eigenvalue weighted by atomic mass is 9.97. The van der Waals surface area contributed by atoms with E-state index < -0.39 is 11.2 Å². The van der Waals surface area contributed by atoms with Gasteiger partial charge in [-0.2, -0.15) is 5.10 Å². The molecule has 1 aliphatic rings. The summed E-state index contributed by atoms with van der Waals surface area (Å²) in [6.45, 7) is 0. The van der Waals surface area contributed by atoms with Crippen LogP contribution < -0.4 is 11.0 Å². The van der Waals surface area contributed by atoms with Crippen LogP contribution in [0.2, 0.25) is 0 Å². The van der Waals surface area contributed by atoms with Gasteiger partial charge in [0, 0.05) is 29.8 Å². The number of H-pyrrole nitrogens is 2. The van der Waals surface area contributed by atoms with Gasteiger partial charge in [-0.15, -0.1) is 0 Å². The standard InChI is InChI=1S/C24H25N5O4/c1-28-12-13(11-25-28)17-18-23(29(27-24(18)32)14-7-5-3-2-4-6-8-14)26-19-15-9-10-16(30)20(31)21(15)33-22(17)19/h9-12,14,26,31H,2-8H2,1H3,(H,27,32). The van der Waals surface area contributed by atoms with Gasteiger partial charge in [0.2, 0.25) is 11.2 Å². The summed E-state index contributed by atoms with van der Waals surface area (Å²) in [5, 5.41) is 18.8. The molecule has 0 unspecified atom stereocenters. The third-order valence-electron chi connectivity index (χ3n) is 6.88. The fraction of sp³-hybridized carbons (Fsp3) is 0.375. The SMILES string of the molecule is Cn1cc(-c2c3oc4c(O)c(=O)ccc4c3[nH]c3c2c(=O)[nH]n3C2CCCCCCC2)cn1. The number of aromatic amines is 2. The lowest BCUT2D eigenvalue weighted by Gasteiger charge is -2.21. The minimum Gasteiger partial charge on any atom is -0.502 e. The van der Waals surface area contributed by atoms with Crippen LogP contribution in [0.1, 0.15) is 51.0 Å². The fourth-order valence-corrected chi connectivity index (χ4v) is 5.26. The van der Waals surface area contributed by atoms with Gasteiger partial charge in [-0.1, -0.05) is 32.1 Å². The second-order valence-corrected chi connectivity index (χ2v) is 9.03. The zero-order valence-corrected chi connectivity index (χ0v) is 18.4. The highest BCUT2D eigenvalue weighted by Crippen LogP contribution is 2.40. The summed E-state index contributed by atoms with van der Waals surface area (Å²) in [7, 11) is 1.81. The first kappa shape index (κ1) is 19.9. The number of pyridine rings is 1. The third-order valence-corrected chi connectivity index (χ3v) is 6.88. The van der Waals surface area contributed by atoms with Crippen LogP contribution in [-0.4, -0.2) is 29.7 Å². The van der Waals surface area contributed by atoms with Crippen LogP contribution in [0.3, 0.4) is 0 Å². The Bertz CT molecular complexity index is 1620. The van der Waals surface area contributed by atoms with E-state index in [1.807, 2.05) is 17.9 Å². The van der Waals surface area contributed by atoms with Crippen molar-refractivity contribution in [2.45, 2.75) is 51.0 Å². The molecule has 3 N–H and O–H groups in total. The Balaban J connectivity index is 1.73. The van der Waals surface area contributed by atoms with Crippen molar-refractivity contribution < 1.29 is 9.52 Å². The van der Waals surface area contributed by atoms with E-state index in [0.29, 0.717) is 33.1 Å². The van der Waals surface area contributed by atoms with Gasteiger partial charge in [-0.3, -0.25) is 24.1 Å². The fourth-order valence-electron chi connectivity index (χ4n) is 5.26. The molecule has 1 aliphatic carbocycles. The van der Waals surface area contributed by atoms with Crippen LogP contribution >= 0.6 is 0 Å². The normalized spacial score (nSPS) is 16.0. The maximum atomic E-state index is 13.3. The number of fused-ring (bicyclic) bond motifs is 4. The predicted octanol–water partition coefficient (Wildman–Crippen LogP) is 4.31. The Labute approximate surface area is 187 Å². The van der Waals surface area contributed by atoms with Crippen molar-refractivity contribution in [3.8, 4) is 16.9 Å². The van der Waals surface area contributed by atoms with Crippen LogP contribution in [0.4, 0.5) is 0 Å². The van der Waals surface area contributed by atoms with E-state index in [2.05, 4.69) is 15.2 Å². The molecule has 9 heteroatoms. The molecule has 4 heterocycles. The molecule has 0 bridgehead atoms. The van der Waals surface area contributed by atoms with Crippen LogP contribution in [0.25, 0.3) is 44.2 Å². The molecule has 0 saturated heterocycles. The number of phenolic OH excluding ortho intramolecular Hbond substituents is 1. The molecule has 33 heavy (non-hydrogen) atoms. The van der Waals surface area contributed by atoms with Crippen LogP contribution in [0, 0.1) is 0 Å². The van der Waals surface area contributed by atoms with Gasteiger partial charge in [0.15, 0.2) is 11.2 Å². The van der Waals surface area contributed by atoms with E-state index in [0.717, 1.165) is 31.2 Å². The number of hydrogen-bond donors (Lipinski definition) is 3. The molecule has 1 aromatic carbocycles. The van der Waals surface area contributed by atoms with Gasteiger partial charge in [-0.25, -0.2) is 0 Å². The molecule has 6 rings (SSSR count). The average Bonchev–Trinajstić information content (AvgIpc) is 3.45. The van der Waals surface area contributed by atoms with Crippen molar-refractivity contribution in [2.24, 2.45) is 7.05 Å². The van der Waals surface area contributed by atoms with Gasteiger partial charge < -0.3 is 14.5 Å². The van der Waals surface area contributed by atoms with Gasteiger partial charge in [0.1, 0.15) is 5.65 Å². The van der Waals surface area contributed by atoms with Gasteiger partial charge in [0.25, 0.3) is 5.56 Å². The predicted molar refractivity (Wildman–Crippen MR) is 126 cm³/mol. The molecular weight excluding hydrogens is 422 g/mol. The number of furan rings is 1. The number of rotatable bonds is 2. The smallest absolute Gasteiger partial charge is 0.274 e. The molecule has 0 aliphatic heterocycles. The first-order valence-corrected chi connectivity index (χ1v) is 11.5. The molecule has 9 nitrogen and oxygen atoms in total. The van der Waals surface area contributed by atoms with E-state index in [1.165, 1.54) is 25.3 Å². The summed E-state index contributed by atoms with van der Waals surface area (Å²) < 4.78 is 9.67. The van der Waals surface area contributed by atoms with Crippen molar-refractivity contribution in [3.63, 3.8) is 0 Å². The molecule has 0 spiro atoms. The van der Waals surface area contributed by atoms with Crippen molar-refractivity contribution >= 4 is 33.1 Å². The van der Waals surface area contributed by atoms with Crippen LogP contribution in [0.15, 0.2) is 38.5 Å². The van der Waals surface area contributed by atoms with Gasteiger partial charge >= 0.3 is 0 Å². The minimum atomic E-state index is -0.508. The third kappa shape index (κ3) is 3.02. The Morgan fingerprint density at radius 1 is 1.09 bits per heavy atom. The number of aryl methyl sites for hydroxylation is 1. The van der Waals surface area contributed by atoms with Gasteiger partial charge in [0.05, 0.1) is 23.1 Å². The lowest BCUT2D eigenvalue weighted by molar-refractivity contribution is 0.353. The Hall–Kier alpha value is -3.75. The number of hydrogen-bond acceptors (Lipinski definition) is 5. The molecule has 170 valence electrons. The zero-order chi connectivity index (χ0) is 22.7. The van der Waals surface area contributed by atoms with E-state index in [4.69, 9.17) is 4.42 Å². The minimum absolute atomic E-state index is 0.112. The first-order valence-electron chi connectivity index (χ1n) is 11.5. The second kappa shape index (κ2) is 7.40. The zero-order valence-electron chi connectivity index (χ0n) is 18.4. The molecule has 1 saturated carbocycles. The average molecular weight is 447 g/mol. The van der Waals surface area contributed by atoms with Crippen molar-refractivity contribution in [3.05, 3.63) is 45.1 Å². The van der Waals surface area contributed by atoms with Crippen LogP contribution in [0.5, 0.6) is 5.75 Å². The number of aromatic nitrogens is 5. The largest absolute Gasteiger partial charge is 0.502 e. The highest BCUT2D eigenvalue weighted by molar-refractivity contribution is 6.15. The maximum Gasteiger partial charge on any atom is 0.274 e. The summed E-state index contributed by atoms with van der Waals surface area (Å²) in [5.41, 5.74) is 2.44. The summed E-state index contributed by atoms with van der Waals surface area (Å²) in [5.74, 6) is -0.435. The lowest BCUT2D eigenvalue weighted by Crippen LogP contribution is -2.15. The van der Waals surface area contributed by atoms with Crippen molar-refractivity contribution in [2.75, 3.05) is 0 Å². The Kier molecular flexibility index (Phi) is 4.46. The van der Waals surface area contributed by atoms with E-state index in [1.54, 1.807) is 16.9 Å². The number of aromatic hydroxyl groups is 1. The quantitative estimate of drug-likeness (QED) is 0.372. The molecule has 0 atom stereocenters. The Morgan fingerprint density at radius 3 is 2.58 bits per heavy atom.